The lowest BCUT2D eigenvalue weighted by Gasteiger charge is -2.38. The number of rotatable bonds is 7. The molecular formula is C30H46O3. The van der Waals surface area contributed by atoms with Crippen molar-refractivity contribution in [1.82, 2.24) is 0 Å². The SMILES string of the molecule is C=C1/C(=C\C=C2/CC[C@H](C)[C@@H]3[C@@H]([C@H](C)/C=C/C=C/C(O)(CC)CC)CC[C@H]23)C[C@@H](O)C[C@@H]1O. The Labute approximate surface area is 201 Å². The molecule has 3 aliphatic rings. The number of hydrogen-bond acceptors (Lipinski definition) is 3. The van der Waals surface area contributed by atoms with Crippen molar-refractivity contribution in [3.63, 3.8) is 0 Å². The zero-order valence-corrected chi connectivity index (χ0v) is 21.2. The van der Waals surface area contributed by atoms with E-state index in [4.69, 9.17) is 0 Å². The van der Waals surface area contributed by atoms with E-state index in [2.05, 4.69) is 44.7 Å². The summed E-state index contributed by atoms with van der Waals surface area (Å²) in [5.41, 5.74) is 2.63. The number of fused-ring (bicyclic) bond motifs is 1. The van der Waals surface area contributed by atoms with Gasteiger partial charge in [0, 0.05) is 6.42 Å². The van der Waals surface area contributed by atoms with E-state index in [0.717, 1.165) is 36.3 Å². The Balaban J connectivity index is 1.70. The van der Waals surface area contributed by atoms with Gasteiger partial charge in [0.1, 0.15) is 0 Å². The largest absolute Gasteiger partial charge is 0.393 e. The van der Waals surface area contributed by atoms with Gasteiger partial charge >= 0.3 is 0 Å². The maximum atomic E-state index is 10.4. The van der Waals surface area contributed by atoms with Gasteiger partial charge in [0.25, 0.3) is 0 Å². The molecule has 0 radical (unpaired) electrons. The van der Waals surface area contributed by atoms with E-state index in [1.165, 1.54) is 19.3 Å². The standard InChI is InChI=1S/C30H46O3/c1-6-30(33,7-2)17-9-8-10-20(3)26-15-16-27-23(12-11-21(4)29(26)27)13-14-24-18-25(31)19-28(32)22(24)5/h8-10,13-14,17,20-21,25-29,31-33H,5-7,11-12,15-16,18-19H2,1-4H3/b10-8+,17-9+,23-13+,24-14-/t20-,21+,25-,26-,27-,28+,29-/m1/s1. The van der Waals surface area contributed by atoms with Crippen molar-refractivity contribution in [2.24, 2.45) is 29.6 Å². The van der Waals surface area contributed by atoms with Crippen LogP contribution < -0.4 is 0 Å². The third-order valence-electron chi connectivity index (χ3n) is 8.89. The summed E-state index contributed by atoms with van der Waals surface area (Å²) in [6.45, 7) is 12.9. The summed E-state index contributed by atoms with van der Waals surface area (Å²) in [4.78, 5) is 0. The van der Waals surface area contributed by atoms with Gasteiger partial charge in [-0.15, -0.1) is 0 Å². The van der Waals surface area contributed by atoms with Crippen molar-refractivity contribution in [1.29, 1.82) is 0 Å². The molecule has 3 fully saturated rings. The number of allylic oxidation sites excluding steroid dienone is 6. The van der Waals surface area contributed by atoms with E-state index in [0.29, 0.717) is 36.5 Å². The van der Waals surface area contributed by atoms with Crippen LogP contribution in [0.25, 0.3) is 0 Å². The molecule has 0 aliphatic heterocycles. The Morgan fingerprint density at radius 2 is 1.82 bits per heavy atom. The third-order valence-corrected chi connectivity index (χ3v) is 8.89. The summed E-state index contributed by atoms with van der Waals surface area (Å²) in [6, 6.07) is 0. The molecule has 0 aromatic carbocycles. The Morgan fingerprint density at radius 3 is 2.52 bits per heavy atom. The predicted molar refractivity (Wildman–Crippen MR) is 138 cm³/mol. The molecule has 0 unspecified atom stereocenters. The first-order chi connectivity index (χ1) is 15.7. The number of aliphatic hydroxyl groups excluding tert-OH is 2. The molecule has 0 heterocycles. The Morgan fingerprint density at radius 1 is 1.09 bits per heavy atom. The highest BCUT2D eigenvalue weighted by Crippen LogP contribution is 2.53. The van der Waals surface area contributed by atoms with Gasteiger partial charge in [-0.3, -0.25) is 0 Å². The molecule has 3 heteroatoms. The monoisotopic (exact) mass is 454 g/mol. The molecular weight excluding hydrogens is 408 g/mol. The van der Waals surface area contributed by atoms with Crippen molar-refractivity contribution < 1.29 is 15.3 Å². The van der Waals surface area contributed by atoms with Gasteiger partial charge in [-0.05, 0) is 85.7 Å². The average Bonchev–Trinajstić information content (AvgIpc) is 3.25. The van der Waals surface area contributed by atoms with Gasteiger partial charge in [0.2, 0.25) is 0 Å². The molecule has 184 valence electrons. The third kappa shape index (κ3) is 6.18. The second kappa shape index (κ2) is 11.3. The fourth-order valence-corrected chi connectivity index (χ4v) is 6.47. The number of aliphatic hydroxyl groups is 3. The molecule has 3 saturated carbocycles. The highest BCUT2D eigenvalue weighted by Gasteiger charge is 2.44. The van der Waals surface area contributed by atoms with Crippen LogP contribution in [-0.2, 0) is 0 Å². The van der Waals surface area contributed by atoms with Gasteiger partial charge < -0.3 is 15.3 Å². The van der Waals surface area contributed by atoms with E-state index in [1.807, 2.05) is 26.0 Å². The minimum absolute atomic E-state index is 0.396. The fraction of sp³-hybridized carbons (Fsp3) is 0.667. The van der Waals surface area contributed by atoms with Gasteiger partial charge in [0.15, 0.2) is 0 Å². The van der Waals surface area contributed by atoms with Crippen LogP contribution in [0.4, 0.5) is 0 Å². The summed E-state index contributed by atoms with van der Waals surface area (Å²) in [5, 5.41) is 30.7. The van der Waals surface area contributed by atoms with Crippen LogP contribution in [0.5, 0.6) is 0 Å². The van der Waals surface area contributed by atoms with Crippen molar-refractivity contribution >= 4 is 0 Å². The summed E-state index contributed by atoms with van der Waals surface area (Å²) >= 11 is 0. The van der Waals surface area contributed by atoms with E-state index >= 15 is 0 Å². The first-order valence-electron chi connectivity index (χ1n) is 13.2. The lowest BCUT2D eigenvalue weighted by atomic mass is 9.66. The zero-order valence-electron chi connectivity index (χ0n) is 21.2. The predicted octanol–water partition coefficient (Wildman–Crippen LogP) is 6.28. The van der Waals surface area contributed by atoms with E-state index < -0.39 is 17.8 Å². The van der Waals surface area contributed by atoms with Crippen LogP contribution >= 0.6 is 0 Å². The zero-order chi connectivity index (χ0) is 24.2. The van der Waals surface area contributed by atoms with Crippen molar-refractivity contribution in [2.45, 2.75) is 96.9 Å². The summed E-state index contributed by atoms with van der Waals surface area (Å²) < 4.78 is 0. The quantitative estimate of drug-likeness (QED) is 0.397. The van der Waals surface area contributed by atoms with Crippen LogP contribution in [0.15, 0.2) is 59.8 Å². The Hall–Kier alpha value is -1.42. The molecule has 33 heavy (non-hydrogen) atoms. The molecule has 0 amide bonds. The van der Waals surface area contributed by atoms with Crippen LogP contribution in [0, 0.1) is 29.6 Å². The lowest BCUT2D eigenvalue weighted by Crippen LogP contribution is -2.30. The highest BCUT2D eigenvalue weighted by molar-refractivity contribution is 5.38. The van der Waals surface area contributed by atoms with Crippen molar-refractivity contribution in [2.75, 3.05) is 0 Å². The summed E-state index contributed by atoms with van der Waals surface area (Å²) in [5.74, 6) is 3.29. The van der Waals surface area contributed by atoms with Crippen molar-refractivity contribution in [3.05, 3.63) is 59.8 Å². The summed E-state index contributed by atoms with van der Waals surface area (Å²) in [6.07, 6.45) is 19.1. The second-order valence-electron chi connectivity index (χ2n) is 10.9. The van der Waals surface area contributed by atoms with E-state index in [9.17, 15) is 15.3 Å². The molecule has 3 N–H and O–H groups in total. The van der Waals surface area contributed by atoms with Crippen LogP contribution in [0.2, 0.25) is 0 Å². The maximum Gasteiger partial charge on any atom is 0.0825 e. The molecule has 0 spiro atoms. The minimum Gasteiger partial charge on any atom is -0.393 e. The Bertz CT molecular complexity index is 797. The first-order valence-corrected chi connectivity index (χ1v) is 13.2. The van der Waals surface area contributed by atoms with Crippen LogP contribution in [0.1, 0.15) is 79.1 Å². The molecule has 3 rings (SSSR count). The van der Waals surface area contributed by atoms with Crippen LogP contribution in [-0.4, -0.2) is 33.1 Å². The first kappa shape index (κ1) is 26.2. The second-order valence-corrected chi connectivity index (χ2v) is 10.9. The van der Waals surface area contributed by atoms with Crippen LogP contribution in [0.3, 0.4) is 0 Å². The van der Waals surface area contributed by atoms with Gasteiger partial charge in [-0.25, -0.2) is 0 Å². The smallest absolute Gasteiger partial charge is 0.0825 e. The lowest BCUT2D eigenvalue weighted by molar-refractivity contribution is 0.0827. The molecule has 0 aromatic heterocycles. The fourth-order valence-electron chi connectivity index (χ4n) is 6.47. The summed E-state index contributed by atoms with van der Waals surface area (Å²) in [7, 11) is 0. The number of hydrogen-bond donors (Lipinski definition) is 3. The molecule has 3 nitrogen and oxygen atoms in total. The Kier molecular flexibility index (Phi) is 9.00. The molecule has 7 atom stereocenters. The molecule has 3 aliphatic carbocycles. The van der Waals surface area contributed by atoms with Gasteiger partial charge in [-0.2, -0.15) is 0 Å². The average molecular weight is 455 g/mol. The van der Waals surface area contributed by atoms with Crippen molar-refractivity contribution in [3.8, 4) is 0 Å². The van der Waals surface area contributed by atoms with E-state index in [-0.39, 0.29) is 0 Å². The minimum atomic E-state index is -0.687. The maximum absolute atomic E-state index is 10.4. The normalized spacial score (nSPS) is 36.9. The highest BCUT2D eigenvalue weighted by atomic mass is 16.3. The van der Waals surface area contributed by atoms with Gasteiger partial charge in [-0.1, -0.05) is 76.3 Å². The van der Waals surface area contributed by atoms with E-state index in [1.54, 1.807) is 5.57 Å². The molecule has 0 bridgehead atoms. The molecule has 0 saturated heterocycles. The van der Waals surface area contributed by atoms with Gasteiger partial charge in [0.05, 0.1) is 17.8 Å². The molecule has 0 aromatic rings. The topological polar surface area (TPSA) is 60.7 Å².